The number of hydrogen-bond donors (Lipinski definition) is 2. The van der Waals surface area contributed by atoms with Crippen LogP contribution in [-0.2, 0) is 11.3 Å². The minimum Gasteiger partial charge on any atom is -0.375 e. The molecule has 2 fully saturated rings. The number of guanidine groups is 1. The summed E-state index contributed by atoms with van der Waals surface area (Å²) in [6.45, 7) is 8.30. The second-order valence-electron chi connectivity index (χ2n) is 6.27. The first kappa shape index (κ1) is 19.2. The van der Waals surface area contributed by atoms with E-state index in [1.807, 2.05) is 6.20 Å². The summed E-state index contributed by atoms with van der Waals surface area (Å²) in [5, 5.41) is 6.71. The number of rotatable bonds is 5. The molecule has 1 unspecified atom stereocenters. The number of anilines is 1. The van der Waals surface area contributed by atoms with E-state index in [0.29, 0.717) is 12.6 Å². The lowest BCUT2D eigenvalue weighted by Gasteiger charge is -2.32. The zero-order chi connectivity index (χ0) is 16.1. The highest BCUT2D eigenvalue weighted by atomic mass is 127. The van der Waals surface area contributed by atoms with Gasteiger partial charge >= 0.3 is 0 Å². The van der Waals surface area contributed by atoms with Gasteiger partial charge in [-0.15, -0.1) is 24.0 Å². The third-order valence-electron chi connectivity index (χ3n) is 4.06. The molecule has 2 N–H and O–H groups in total. The molecule has 1 saturated carbocycles. The lowest BCUT2D eigenvalue weighted by Crippen LogP contribution is -2.41. The Labute approximate surface area is 161 Å². The van der Waals surface area contributed by atoms with Crippen LogP contribution in [0.5, 0.6) is 0 Å². The van der Waals surface area contributed by atoms with Crippen LogP contribution >= 0.6 is 24.0 Å². The molecule has 2 aliphatic rings. The van der Waals surface area contributed by atoms with Crippen LogP contribution in [0.15, 0.2) is 23.3 Å². The molecule has 2 heterocycles. The number of nitrogens with one attached hydrogen (secondary N) is 2. The van der Waals surface area contributed by atoms with Crippen molar-refractivity contribution in [3.05, 3.63) is 23.9 Å². The smallest absolute Gasteiger partial charge is 0.191 e. The van der Waals surface area contributed by atoms with Crippen molar-refractivity contribution in [2.75, 3.05) is 31.1 Å². The van der Waals surface area contributed by atoms with E-state index in [2.05, 4.69) is 51.5 Å². The van der Waals surface area contributed by atoms with Crippen LogP contribution < -0.4 is 15.5 Å². The van der Waals surface area contributed by atoms with Gasteiger partial charge in [0, 0.05) is 31.9 Å². The SMILES string of the molecule is CCNC(=NCc1ccc(N2CCOC(C)C2)nc1)NC1CC1.I. The van der Waals surface area contributed by atoms with Gasteiger partial charge < -0.3 is 20.3 Å². The maximum atomic E-state index is 5.58. The summed E-state index contributed by atoms with van der Waals surface area (Å²) < 4.78 is 5.58. The number of nitrogens with zero attached hydrogens (tertiary/aromatic N) is 3. The highest BCUT2D eigenvalue weighted by Gasteiger charge is 2.22. The van der Waals surface area contributed by atoms with Crippen LogP contribution in [-0.4, -0.2) is 49.3 Å². The van der Waals surface area contributed by atoms with Gasteiger partial charge in [0.15, 0.2) is 5.96 Å². The molecule has 134 valence electrons. The number of morpholine rings is 1. The molecule has 0 spiro atoms. The van der Waals surface area contributed by atoms with Crippen LogP contribution in [0.2, 0.25) is 0 Å². The number of halogens is 1. The van der Waals surface area contributed by atoms with Crippen molar-refractivity contribution in [3.8, 4) is 0 Å². The molecule has 7 heteroatoms. The number of aliphatic imine (C=N–C) groups is 1. The lowest BCUT2D eigenvalue weighted by atomic mass is 10.2. The van der Waals surface area contributed by atoms with Crippen LogP contribution in [0, 0.1) is 0 Å². The molecular formula is C17H28IN5O. The molecule has 24 heavy (non-hydrogen) atoms. The number of aromatic nitrogens is 1. The maximum absolute atomic E-state index is 5.58. The highest BCUT2D eigenvalue weighted by molar-refractivity contribution is 14.0. The van der Waals surface area contributed by atoms with Crippen LogP contribution in [0.25, 0.3) is 0 Å². The van der Waals surface area contributed by atoms with Gasteiger partial charge in [-0.05, 0) is 38.3 Å². The summed E-state index contributed by atoms with van der Waals surface area (Å²) in [7, 11) is 0. The molecule has 1 aliphatic carbocycles. The van der Waals surface area contributed by atoms with Crippen molar-refractivity contribution in [2.45, 2.75) is 45.4 Å². The molecule has 1 atom stereocenters. The van der Waals surface area contributed by atoms with E-state index in [1.165, 1.54) is 12.8 Å². The van der Waals surface area contributed by atoms with Gasteiger partial charge in [0.05, 0.1) is 19.3 Å². The zero-order valence-corrected chi connectivity index (χ0v) is 16.8. The van der Waals surface area contributed by atoms with Crippen LogP contribution in [0.4, 0.5) is 5.82 Å². The Kier molecular flexibility index (Phi) is 7.54. The fourth-order valence-electron chi connectivity index (χ4n) is 2.64. The van der Waals surface area contributed by atoms with Gasteiger partial charge in [0.1, 0.15) is 5.82 Å². The van der Waals surface area contributed by atoms with Gasteiger partial charge in [-0.1, -0.05) is 6.07 Å². The zero-order valence-electron chi connectivity index (χ0n) is 14.5. The van der Waals surface area contributed by atoms with Crippen molar-refractivity contribution < 1.29 is 4.74 Å². The van der Waals surface area contributed by atoms with Gasteiger partial charge in [-0.3, -0.25) is 0 Å². The third kappa shape index (κ3) is 5.77. The number of pyridine rings is 1. The van der Waals surface area contributed by atoms with Crippen molar-refractivity contribution >= 4 is 35.8 Å². The summed E-state index contributed by atoms with van der Waals surface area (Å²) in [6, 6.07) is 4.81. The molecule has 3 rings (SSSR count). The molecule has 0 radical (unpaired) electrons. The summed E-state index contributed by atoms with van der Waals surface area (Å²) >= 11 is 0. The highest BCUT2D eigenvalue weighted by Crippen LogP contribution is 2.18. The molecule has 1 saturated heterocycles. The Morgan fingerprint density at radius 2 is 2.25 bits per heavy atom. The van der Waals surface area contributed by atoms with Gasteiger partial charge in [-0.25, -0.2) is 9.98 Å². The fraction of sp³-hybridized carbons (Fsp3) is 0.647. The first-order chi connectivity index (χ1) is 11.2. The lowest BCUT2D eigenvalue weighted by molar-refractivity contribution is 0.0529. The molecule has 0 bridgehead atoms. The second-order valence-corrected chi connectivity index (χ2v) is 6.27. The average Bonchev–Trinajstić information content (AvgIpc) is 3.37. The first-order valence-electron chi connectivity index (χ1n) is 8.61. The van der Waals surface area contributed by atoms with Crippen molar-refractivity contribution in [1.29, 1.82) is 0 Å². The Bertz CT molecular complexity index is 532. The van der Waals surface area contributed by atoms with Gasteiger partial charge in [0.25, 0.3) is 0 Å². The summed E-state index contributed by atoms with van der Waals surface area (Å²) in [5.41, 5.74) is 1.13. The van der Waals surface area contributed by atoms with E-state index >= 15 is 0 Å². The fourth-order valence-corrected chi connectivity index (χ4v) is 2.64. The molecule has 1 aromatic heterocycles. The molecule has 6 nitrogen and oxygen atoms in total. The Hall–Kier alpha value is -1.09. The molecule has 1 aliphatic heterocycles. The van der Waals surface area contributed by atoms with E-state index in [9.17, 15) is 0 Å². The predicted octanol–water partition coefficient (Wildman–Crippen LogP) is 2.14. The minimum atomic E-state index is 0. The Balaban J connectivity index is 0.00000208. The Morgan fingerprint density at radius 1 is 1.42 bits per heavy atom. The van der Waals surface area contributed by atoms with E-state index < -0.39 is 0 Å². The summed E-state index contributed by atoms with van der Waals surface area (Å²) in [6.07, 6.45) is 4.70. The van der Waals surface area contributed by atoms with E-state index in [0.717, 1.165) is 43.6 Å². The largest absolute Gasteiger partial charge is 0.375 e. The molecule has 1 aromatic rings. The number of hydrogen-bond acceptors (Lipinski definition) is 4. The second kappa shape index (κ2) is 9.41. The van der Waals surface area contributed by atoms with E-state index in [-0.39, 0.29) is 30.1 Å². The average molecular weight is 445 g/mol. The quantitative estimate of drug-likeness (QED) is 0.413. The minimum absolute atomic E-state index is 0. The monoisotopic (exact) mass is 445 g/mol. The normalized spacial score (nSPS) is 21.2. The summed E-state index contributed by atoms with van der Waals surface area (Å²) in [5.74, 6) is 1.93. The van der Waals surface area contributed by atoms with Crippen LogP contribution in [0.3, 0.4) is 0 Å². The summed E-state index contributed by atoms with van der Waals surface area (Å²) in [4.78, 5) is 11.5. The van der Waals surface area contributed by atoms with Crippen LogP contribution in [0.1, 0.15) is 32.3 Å². The molecule has 0 aromatic carbocycles. The van der Waals surface area contributed by atoms with Crippen molar-refractivity contribution in [3.63, 3.8) is 0 Å². The third-order valence-corrected chi connectivity index (χ3v) is 4.06. The maximum Gasteiger partial charge on any atom is 0.191 e. The number of ether oxygens (including phenoxy) is 1. The first-order valence-corrected chi connectivity index (χ1v) is 8.61. The van der Waals surface area contributed by atoms with Crippen molar-refractivity contribution in [2.24, 2.45) is 4.99 Å². The molecular weight excluding hydrogens is 417 g/mol. The van der Waals surface area contributed by atoms with E-state index in [4.69, 9.17) is 4.74 Å². The molecule has 0 amide bonds. The van der Waals surface area contributed by atoms with E-state index in [1.54, 1.807) is 0 Å². The van der Waals surface area contributed by atoms with Crippen molar-refractivity contribution in [1.82, 2.24) is 15.6 Å². The predicted molar refractivity (Wildman–Crippen MR) is 108 cm³/mol. The standard InChI is InChI=1S/C17H27N5O.HI/c1-3-18-17(21-15-5-6-15)20-11-14-4-7-16(19-10-14)22-8-9-23-13(2)12-22;/h4,7,10,13,15H,3,5-6,8-9,11-12H2,1-2H3,(H2,18,20,21);1H. The Morgan fingerprint density at radius 3 is 2.88 bits per heavy atom. The van der Waals surface area contributed by atoms with Gasteiger partial charge in [0.2, 0.25) is 0 Å². The van der Waals surface area contributed by atoms with Gasteiger partial charge in [-0.2, -0.15) is 0 Å². The topological polar surface area (TPSA) is 61.8 Å².